The summed E-state index contributed by atoms with van der Waals surface area (Å²) in [5, 5.41) is 0. The number of hydrogen-bond donors (Lipinski definition) is 1. The lowest BCUT2D eigenvalue weighted by Gasteiger charge is -2.35. The Hall–Kier alpha value is -3.98. The highest BCUT2D eigenvalue weighted by molar-refractivity contribution is 7.92. The van der Waals surface area contributed by atoms with Crippen molar-refractivity contribution in [3.63, 3.8) is 0 Å². The number of pyridine rings is 1. The van der Waals surface area contributed by atoms with Crippen LogP contribution in [0.4, 0.5) is 17.5 Å². The molecule has 2 aromatic carbocycles. The lowest BCUT2D eigenvalue weighted by atomic mass is 10.1. The van der Waals surface area contributed by atoms with E-state index < -0.39 is 10.0 Å². The first-order valence-electron chi connectivity index (χ1n) is 11.0. The van der Waals surface area contributed by atoms with E-state index in [1.165, 1.54) is 12.4 Å². The van der Waals surface area contributed by atoms with Crippen molar-refractivity contribution in [3.8, 4) is 11.1 Å². The van der Waals surface area contributed by atoms with Crippen molar-refractivity contribution in [2.24, 2.45) is 0 Å². The van der Waals surface area contributed by atoms with Crippen molar-refractivity contribution in [3.05, 3.63) is 91.4 Å². The van der Waals surface area contributed by atoms with E-state index in [4.69, 9.17) is 0 Å². The van der Waals surface area contributed by atoms with Gasteiger partial charge in [0.15, 0.2) is 0 Å². The zero-order valence-corrected chi connectivity index (χ0v) is 19.3. The average molecular weight is 473 g/mol. The van der Waals surface area contributed by atoms with Crippen LogP contribution in [0.15, 0.2) is 96.3 Å². The van der Waals surface area contributed by atoms with Gasteiger partial charge in [0.25, 0.3) is 10.0 Å². The second-order valence-electron chi connectivity index (χ2n) is 7.93. The van der Waals surface area contributed by atoms with Gasteiger partial charge in [-0.2, -0.15) is 0 Å². The summed E-state index contributed by atoms with van der Waals surface area (Å²) in [5.74, 6) is 1.54. The fourth-order valence-corrected chi connectivity index (χ4v) is 4.91. The van der Waals surface area contributed by atoms with Gasteiger partial charge in [0.1, 0.15) is 5.82 Å². The Morgan fingerprint density at radius 3 is 1.94 bits per heavy atom. The Balaban J connectivity index is 1.22. The lowest BCUT2D eigenvalue weighted by Crippen LogP contribution is -2.47. The molecule has 0 saturated carbocycles. The van der Waals surface area contributed by atoms with E-state index in [2.05, 4.69) is 29.5 Å². The summed E-state index contributed by atoms with van der Waals surface area (Å²) in [6.07, 6.45) is 4.80. The van der Waals surface area contributed by atoms with Crippen LogP contribution in [0.25, 0.3) is 11.1 Å². The van der Waals surface area contributed by atoms with Crippen LogP contribution in [0.1, 0.15) is 0 Å². The summed E-state index contributed by atoms with van der Waals surface area (Å²) in [7, 11) is -3.75. The molecular formula is C25H24N6O2S. The summed E-state index contributed by atoms with van der Waals surface area (Å²) in [6, 6.07) is 22.5. The average Bonchev–Trinajstić information content (AvgIpc) is 2.90. The number of nitrogens with zero attached hydrogens (tertiary/aromatic N) is 5. The number of rotatable bonds is 6. The second kappa shape index (κ2) is 9.48. The molecule has 0 amide bonds. The quantitative estimate of drug-likeness (QED) is 0.458. The molecule has 5 rings (SSSR count). The van der Waals surface area contributed by atoms with Gasteiger partial charge < -0.3 is 9.80 Å². The number of aromatic nitrogens is 3. The second-order valence-corrected chi connectivity index (χ2v) is 9.61. The van der Waals surface area contributed by atoms with Crippen molar-refractivity contribution in [2.45, 2.75) is 4.90 Å². The number of hydrogen-bond acceptors (Lipinski definition) is 7. The first kappa shape index (κ1) is 21.8. The number of anilines is 3. The van der Waals surface area contributed by atoms with E-state index in [0.29, 0.717) is 11.6 Å². The van der Waals surface area contributed by atoms with E-state index in [1.54, 1.807) is 30.5 Å². The number of piperazine rings is 1. The number of benzene rings is 2. The lowest BCUT2D eigenvalue weighted by molar-refractivity contribution is 0.601. The van der Waals surface area contributed by atoms with E-state index in [1.807, 2.05) is 48.5 Å². The highest BCUT2D eigenvalue weighted by Gasteiger charge is 2.20. The molecule has 8 nitrogen and oxygen atoms in total. The monoisotopic (exact) mass is 472 g/mol. The molecule has 172 valence electrons. The normalized spacial score (nSPS) is 14.1. The maximum atomic E-state index is 12.8. The van der Waals surface area contributed by atoms with E-state index in [-0.39, 0.29) is 4.90 Å². The topological polar surface area (TPSA) is 91.3 Å². The first-order chi connectivity index (χ1) is 16.6. The number of nitrogens with one attached hydrogen (secondary N) is 1. The molecule has 0 bridgehead atoms. The molecule has 3 heterocycles. The van der Waals surface area contributed by atoms with Gasteiger partial charge >= 0.3 is 0 Å². The molecule has 1 N–H and O–H groups in total. The standard InChI is InChI=1S/C25H24N6O2S/c32-34(33,23-11-9-21(10-12-23)20-6-2-1-3-7-20)29-22-18-27-25(28-19-22)31-16-14-30(15-17-31)24-8-4-5-13-26-24/h1-13,18-19,29H,14-17H2. The van der Waals surface area contributed by atoms with Crippen molar-refractivity contribution in [1.29, 1.82) is 0 Å². The fourth-order valence-electron chi connectivity index (χ4n) is 3.88. The molecule has 1 aliphatic heterocycles. The third kappa shape index (κ3) is 4.84. The van der Waals surface area contributed by atoms with Crippen LogP contribution < -0.4 is 14.5 Å². The molecule has 1 fully saturated rings. The van der Waals surface area contributed by atoms with Gasteiger partial charge in [-0.25, -0.2) is 23.4 Å². The van der Waals surface area contributed by atoms with E-state index in [0.717, 1.165) is 43.1 Å². The zero-order chi connectivity index (χ0) is 23.4. The molecule has 0 unspecified atom stereocenters. The summed E-state index contributed by atoms with van der Waals surface area (Å²) in [5.41, 5.74) is 2.31. The molecule has 1 saturated heterocycles. The highest BCUT2D eigenvalue weighted by Crippen LogP contribution is 2.23. The van der Waals surface area contributed by atoms with Crippen molar-refractivity contribution in [1.82, 2.24) is 15.0 Å². The summed E-state index contributed by atoms with van der Waals surface area (Å²) in [6.45, 7) is 3.15. The molecule has 1 aliphatic rings. The fraction of sp³-hybridized carbons (Fsp3) is 0.160. The van der Waals surface area contributed by atoms with Gasteiger partial charge in [0.05, 0.1) is 23.0 Å². The summed E-state index contributed by atoms with van der Waals surface area (Å²) >= 11 is 0. The van der Waals surface area contributed by atoms with Crippen LogP contribution in [0.5, 0.6) is 0 Å². The molecule has 4 aromatic rings. The Labute approximate surface area is 199 Å². The Morgan fingerprint density at radius 1 is 0.676 bits per heavy atom. The number of sulfonamides is 1. The van der Waals surface area contributed by atoms with Crippen molar-refractivity contribution < 1.29 is 8.42 Å². The first-order valence-corrected chi connectivity index (χ1v) is 12.5. The van der Waals surface area contributed by atoms with Crippen LogP contribution in [-0.2, 0) is 10.0 Å². The SMILES string of the molecule is O=S(=O)(Nc1cnc(N2CCN(c3ccccn3)CC2)nc1)c1ccc(-c2ccccc2)cc1. The molecule has 0 spiro atoms. The molecule has 34 heavy (non-hydrogen) atoms. The van der Waals surface area contributed by atoms with Crippen molar-refractivity contribution in [2.75, 3.05) is 40.7 Å². The third-order valence-corrected chi connectivity index (χ3v) is 7.10. The van der Waals surface area contributed by atoms with E-state index in [9.17, 15) is 8.42 Å². The van der Waals surface area contributed by atoms with Gasteiger partial charge in [0, 0.05) is 32.4 Å². The Kier molecular flexibility index (Phi) is 6.09. The Morgan fingerprint density at radius 2 is 1.29 bits per heavy atom. The maximum Gasteiger partial charge on any atom is 0.261 e. The molecular weight excluding hydrogens is 448 g/mol. The minimum absolute atomic E-state index is 0.182. The maximum absolute atomic E-state index is 12.8. The molecule has 9 heteroatoms. The predicted molar refractivity (Wildman–Crippen MR) is 133 cm³/mol. The third-order valence-electron chi connectivity index (χ3n) is 5.70. The van der Waals surface area contributed by atoms with Crippen molar-refractivity contribution >= 4 is 27.5 Å². The minimum atomic E-state index is -3.75. The minimum Gasteiger partial charge on any atom is -0.353 e. The van der Waals surface area contributed by atoms with Gasteiger partial charge in [-0.3, -0.25) is 4.72 Å². The highest BCUT2D eigenvalue weighted by atomic mass is 32.2. The zero-order valence-electron chi connectivity index (χ0n) is 18.4. The van der Waals surface area contributed by atoms with Gasteiger partial charge in [-0.1, -0.05) is 48.5 Å². The molecule has 0 aliphatic carbocycles. The Bertz CT molecular complexity index is 1320. The van der Waals surface area contributed by atoms with E-state index >= 15 is 0 Å². The predicted octanol–water partition coefficient (Wildman–Crippen LogP) is 3.67. The van der Waals surface area contributed by atoms with Gasteiger partial charge in [-0.15, -0.1) is 0 Å². The summed E-state index contributed by atoms with van der Waals surface area (Å²) < 4.78 is 28.2. The van der Waals surface area contributed by atoms with Crippen LogP contribution in [0.3, 0.4) is 0 Å². The van der Waals surface area contributed by atoms with Crippen LogP contribution >= 0.6 is 0 Å². The largest absolute Gasteiger partial charge is 0.353 e. The molecule has 2 aromatic heterocycles. The van der Waals surface area contributed by atoms with Crippen LogP contribution in [0, 0.1) is 0 Å². The van der Waals surface area contributed by atoms with Crippen LogP contribution in [-0.4, -0.2) is 49.5 Å². The smallest absolute Gasteiger partial charge is 0.261 e. The van der Waals surface area contributed by atoms with Crippen LogP contribution in [0.2, 0.25) is 0 Å². The summed E-state index contributed by atoms with van der Waals surface area (Å²) in [4.78, 5) is 17.7. The molecule has 0 atom stereocenters. The molecule has 0 radical (unpaired) electrons. The van der Waals surface area contributed by atoms with Gasteiger partial charge in [-0.05, 0) is 35.4 Å². The van der Waals surface area contributed by atoms with Gasteiger partial charge in [0.2, 0.25) is 5.95 Å².